The molecular formula is C17H21N3O2. The van der Waals surface area contributed by atoms with Gasteiger partial charge in [0.25, 0.3) is 6.47 Å². The summed E-state index contributed by atoms with van der Waals surface area (Å²) in [5.41, 5.74) is 2.88. The third-order valence-electron chi connectivity index (χ3n) is 2.64. The Labute approximate surface area is 131 Å². The third kappa shape index (κ3) is 6.65. The van der Waals surface area contributed by atoms with Gasteiger partial charge in [0, 0.05) is 19.8 Å². The van der Waals surface area contributed by atoms with Gasteiger partial charge in [-0.05, 0) is 43.3 Å². The van der Waals surface area contributed by atoms with E-state index in [2.05, 4.69) is 19.9 Å². The summed E-state index contributed by atoms with van der Waals surface area (Å²) in [6, 6.07) is 17.7. The Morgan fingerprint density at radius 2 is 1.50 bits per heavy atom. The molecule has 0 saturated carbocycles. The van der Waals surface area contributed by atoms with E-state index in [0.717, 1.165) is 17.1 Å². The molecule has 0 spiro atoms. The molecule has 0 aliphatic rings. The lowest BCUT2D eigenvalue weighted by Crippen LogP contribution is -2.07. The standard InChI is InChI=1S/C14H15N3.C3H6O2/c1-17(2)14-10-8-13(9-11-14)16-15-12-6-4-3-5-7-12;1-2-5-3-4/h3-11H,1-2H3;3H,2H2,1H3. The fourth-order valence-electron chi connectivity index (χ4n) is 1.50. The number of ether oxygens (including phenoxy) is 1. The zero-order chi connectivity index (χ0) is 16.2. The van der Waals surface area contributed by atoms with Crippen LogP contribution in [0.5, 0.6) is 0 Å². The number of benzene rings is 2. The van der Waals surface area contributed by atoms with Gasteiger partial charge in [-0.2, -0.15) is 10.2 Å². The Hall–Kier alpha value is -2.69. The van der Waals surface area contributed by atoms with Crippen molar-refractivity contribution < 1.29 is 9.53 Å². The van der Waals surface area contributed by atoms with Gasteiger partial charge in [-0.15, -0.1) is 0 Å². The van der Waals surface area contributed by atoms with E-state index in [4.69, 9.17) is 0 Å². The van der Waals surface area contributed by atoms with Gasteiger partial charge in [-0.25, -0.2) is 0 Å². The topological polar surface area (TPSA) is 54.3 Å². The van der Waals surface area contributed by atoms with E-state index in [1.807, 2.05) is 68.7 Å². The molecule has 0 radical (unpaired) electrons. The normalized spacial score (nSPS) is 9.77. The lowest BCUT2D eigenvalue weighted by Gasteiger charge is -2.11. The van der Waals surface area contributed by atoms with Gasteiger partial charge in [-0.3, -0.25) is 4.79 Å². The Balaban J connectivity index is 0.000000422. The molecule has 0 aliphatic carbocycles. The largest absolute Gasteiger partial charge is 0.468 e. The van der Waals surface area contributed by atoms with Gasteiger partial charge in [-0.1, -0.05) is 18.2 Å². The minimum Gasteiger partial charge on any atom is -0.468 e. The molecule has 5 heteroatoms. The summed E-state index contributed by atoms with van der Waals surface area (Å²) in [5.74, 6) is 0. The first-order valence-electron chi connectivity index (χ1n) is 6.96. The highest BCUT2D eigenvalue weighted by molar-refractivity contribution is 5.51. The SMILES string of the molecule is CCOC=O.CN(C)c1ccc(N=Nc2ccccc2)cc1. The minimum absolute atomic E-state index is 0.431. The molecule has 116 valence electrons. The van der Waals surface area contributed by atoms with E-state index >= 15 is 0 Å². The quantitative estimate of drug-likeness (QED) is 0.609. The Bertz CT molecular complexity index is 566. The molecule has 0 heterocycles. The minimum atomic E-state index is 0.431. The molecule has 0 aromatic heterocycles. The number of hydrogen-bond acceptors (Lipinski definition) is 5. The molecule has 2 aromatic rings. The molecule has 0 fully saturated rings. The monoisotopic (exact) mass is 299 g/mol. The van der Waals surface area contributed by atoms with Crippen LogP contribution >= 0.6 is 0 Å². The molecule has 0 unspecified atom stereocenters. The lowest BCUT2D eigenvalue weighted by molar-refractivity contribution is -0.128. The second kappa shape index (κ2) is 10.1. The van der Waals surface area contributed by atoms with E-state index in [9.17, 15) is 4.79 Å². The number of azo groups is 1. The number of anilines is 1. The van der Waals surface area contributed by atoms with Crippen molar-refractivity contribution in [2.24, 2.45) is 10.2 Å². The van der Waals surface area contributed by atoms with Crippen LogP contribution in [0, 0.1) is 0 Å². The molecule has 5 nitrogen and oxygen atoms in total. The van der Waals surface area contributed by atoms with E-state index in [-0.39, 0.29) is 0 Å². The summed E-state index contributed by atoms with van der Waals surface area (Å²) in [6.07, 6.45) is 0. The predicted octanol–water partition coefficient (Wildman–Crippen LogP) is 4.35. The lowest BCUT2D eigenvalue weighted by atomic mass is 10.3. The highest BCUT2D eigenvalue weighted by atomic mass is 16.5. The van der Waals surface area contributed by atoms with Crippen molar-refractivity contribution in [3.8, 4) is 0 Å². The molecule has 0 N–H and O–H groups in total. The maximum atomic E-state index is 9.18. The highest BCUT2D eigenvalue weighted by Crippen LogP contribution is 2.20. The first kappa shape index (κ1) is 17.4. The Morgan fingerprint density at radius 3 is 1.91 bits per heavy atom. The van der Waals surface area contributed by atoms with Gasteiger partial charge < -0.3 is 9.64 Å². The summed E-state index contributed by atoms with van der Waals surface area (Å²) in [5, 5.41) is 8.35. The van der Waals surface area contributed by atoms with Crippen LogP contribution in [-0.4, -0.2) is 27.2 Å². The molecule has 0 amide bonds. The van der Waals surface area contributed by atoms with Crippen molar-refractivity contribution >= 4 is 23.5 Å². The van der Waals surface area contributed by atoms with Gasteiger partial charge in [0.1, 0.15) is 0 Å². The first-order chi connectivity index (χ1) is 10.7. The summed E-state index contributed by atoms with van der Waals surface area (Å²) >= 11 is 0. The van der Waals surface area contributed by atoms with Crippen LogP contribution in [0.25, 0.3) is 0 Å². The second-order valence-electron chi connectivity index (χ2n) is 4.50. The van der Waals surface area contributed by atoms with Gasteiger partial charge >= 0.3 is 0 Å². The predicted molar refractivity (Wildman–Crippen MR) is 89.1 cm³/mol. The molecule has 0 atom stereocenters. The second-order valence-corrected chi connectivity index (χ2v) is 4.50. The fourth-order valence-corrected chi connectivity index (χ4v) is 1.50. The van der Waals surface area contributed by atoms with Crippen molar-refractivity contribution in [2.45, 2.75) is 6.92 Å². The summed E-state index contributed by atoms with van der Waals surface area (Å²) in [4.78, 5) is 11.2. The van der Waals surface area contributed by atoms with Crippen LogP contribution in [0.2, 0.25) is 0 Å². The van der Waals surface area contributed by atoms with Gasteiger partial charge in [0.15, 0.2) is 0 Å². The number of carbonyl (C=O) groups is 1. The highest BCUT2D eigenvalue weighted by Gasteiger charge is 1.94. The van der Waals surface area contributed by atoms with Crippen molar-refractivity contribution in [1.82, 2.24) is 0 Å². The molecule has 2 aromatic carbocycles. The van der Waals surface area contributed by atoms with Crippen LogP contribution in [-0.2, 0) is 9.53 Å². The summed E-state index contributed by atoms with van der Waals surface area (Å²) in [6.45, 7) is 2.66. The van der Waals surface area contributed by atoms with Crippen LogP contribution in [0.1, 0.15) is 6.92 Å². The molecule has 2 rings (SSSR count). The van der Waals surface area contributed by atoms with Crippen molar-refractivity contribution in [1.29, 1.82) is 0 Å². The first-order valence-corrected chi connectivity index (χ1v) is 6.96. The zero-order valence-electron chi connectivity index (χ0n) is 13.1. The van der Waals surface area contributed by atoms with Crippen molar-refractivity contribution in [3.05, 3.63) is 54.6 Å². The number of nitrogens with zero attached hydrogens (tertiary/aromatic N) is 3. The number of rotatable bonds is 5. The molecule has 22 heavy (non-hydrogen) atoms. The average molecular weight is 299 g/mol. The molecule has 0 saturated heterocycles. The number of hydrogen-bond donors (Lipinski definition) is 0. The Kier molecular flexibility index (Phi) is 7.97. The average Bonchev–Trinajstić information content (AvgIpc) is 2.55. The van der Waals surface area contributed by atoms with E-state index in [0.29, 0.717) is 13.1 Å². The van der Waals surface area contributed by atoms with E-state index in [1.165, 1.54) is 0 Å². The summed E-state index contributed by atoms with van der Waals surface area (Å²) < 4.78 is 4.15. The fraction of sp³-hybridized carbons (Fsp3) is 0.235. The maximum Gasteiger partial charge on any atom is 0.293 e. The molecule has 0 bridgehead atoms. The molecule has 0 aliphatic heterocycles. The van der Waals surface area contributed by atoms with Gasteiger partial charge in [0.05, 0.1) is 18.0 Å². The smallest absolute Gasteiger partial charge is 0.293 e. The third-order valence-corrected chi connectivity index (χ3v) is 2.64. The number of carbonyl (C=O) groups excluding carboxylic acids is 1. The Morgan fingerprint density at radius 1 is 0.955 bits per heavy atom. The van der Waals surface area contributed by atoms with Crippen molar-refractivity contribution in [3.63, 3.8) is 0 Å². The van der Waals surface area contributed by atoms with E-state index in [1.54, 1.807) is 6.92 Å². The molecular weight excluding hydrogens is 278 g/mol. The maximum absolute atomic E-state index is 9.18. The van der Waals surface area contributed by atoms with Gasteiger partial charge in [0.2, 0.25) is 0 Å². The van der Waals surface area contributed by atoms with Crippen LogP contribution in [0.3, 0.4) is 0 Å². The van der Waals surface area contributed by atoms with Crippen molar-refractivity contribution in [2.75, 3.05) is 25.6 Å². The summed E-state index contributed by atoms with van der Waals surface area (Å²) in [7, 11) is 4.03. The zero-order valence-corrected chi connectivity index (χ0v) is 13.1. The van der Waals surface area contributed by atoms with Crippen LogP contribution < -0.4 is 4.90 Å². The van der Waals surface area contributed by atoms with Crippen LogP contribution in [0.4, 0.5) is 17.1 Å². The van der Waals surface area contributed by atoms with E-state index < -0.39 is 0 Å². The van der Waals surface area contributed by atoms with Crippen LogP contribution in [0.15, 0.2) is 64.8 Å².